The van der Waals surface area contributed by atoms with Crippen LogP contribution in [0.25, 0.3) is 0 Å². The molecule has 21 heavy (non-hydrogen) atoms. The molecule has 1 aromatic heterocycles. The van der Waals surface area contributed by atoms with Crippen molar-refractivity contribution in [2.24, 2.45) is 0 Å². The van der Waals surface area contributed by atoms with Crippen LogP contribution in [-0.2, 0) is 6.42 Å². The number of nitrogens with zero attached hydrogens (tertiary/aromatic N) is 1. The van der Waals surface area contributed by atoms with E-state index in [0.717, 1.165) is 28.9 Å². The lowest BCUT2D eigenvalue weighted by molar-refractivity contribution is 0.529. The Morgan fingerprint density at radius 1 is 1.33 bits per heavy atom. The Kier molecular flexibility index (Phi) is 5.48. The van der Waals surface area contributed by atoms with Crippen LogP contribution in [0.2, 0.25) is 0 Å². The molecule has 0 aliphatic rings. The first-order valence-corrected chi connectivity index (χ1v) is 7.91. The number of benzene rings is 1. The summed E-state index contributed by atoms with van der Waals surface area (Å²) in [6.45, 7) is 7.01. The van der Waals surface area contributed by atoms with Gasteiger partial charge in [-0.3, -0.25) is 4.98 Å². The van der Waals surface area contributed by atoms with Crippen LogP contribution in [0.1, 0.15) is 35.3 Å². The SMILES string of the molecule is CCNC(Cc1cccc(F)c1Br)c1ncc(C)cc1C. The van der Waals surface area contributed by atoms with Crippen LogP contribution >= 0.6 is 15.9 Å². The van der Waals surface area contributed by atoms with E-state index in [4.69, 9.17) is 0 Å². The molecule has 0 radical (unpaired) electrons. The number of halogens is 2. The number of rotatable bonds is 5. The van der Waals surface area contributed by atoms with Gasteiger partial charge < -0.3 is 5.32 Å². The molecule has 0 fully saturated rings. The lowest BCUT2D eigenvalue weighted by Crippen LogP contribution is -2.25. The van der Waals surface area contributed by atoms with Gasteiger partial charge >= 0.3 is 0 Å². The fourth-order valence-corrected chi connectivity index (χ4v) is 2.95. The van der Waals surface area contributed by atoms with E-state index in [1.165, 1.54) is 6.07 Å². The molecule has 2 rings (SSSR count). The molecule has 1 unspecified atom stereocenters. The number of aryl methyl sites for hydroxylation is 2. The van der Waals surface area contributed by atoms with Gasteiger partial charge in [0.2, 0.25) is 0 Å². The van der Waals surface area contributed by atoms with Gasteiger partial charge in [0.25, 0.3) is 0 Å². The lowest BCUT2D eigenvalue weighted by Gasteiger charge is -2.20. The zero-order valence-corrected chi connectivity index (χ0v) is 14.2. The van der Waals surface area contributed by atoms with Gasteiger partial charge in [-0.05, 0) is 65.5 Å². The van der Waals surface area contributed by atoms with Crippen molar-refractivity contribution in [2.75, 3.05) is 6.54 Å². The summed E-state index contributed by atoms with van der Waals surface area (Å²) in [5.74, 6) is -0.226. The smallest absolute Gasteiger partial charge is 0.137 e. The van der Waals surface area contributed by atoms with E-state index in [2.05, 4.69) is 46.1 Å². The number of pyridine rings is 1. The second-order valence-electron chi connectivity index (χ2n) is 5.24. The first-order valence-electron chi connectivity index (χ1n) is 7.12. The molecule has 2 aromatic rings. The molecule has 1 atom stereocenters. The number of likely N-dealkylation sites (N-methyl/N-ethyl adjacent to an activating group) is 1. The van der Waals surface area contributed by atoms with Crippen molar-refractivity contribution >= 4 is 15.9 Å². The van der Waals surface area contributed by atoms with E-state index in [-0.39, 0.29) is 11.9 Å². The van der Waals surface area contributed by atoms with Crippen molar-refractivity contribution in [1.29, 1.82) is 0 Å². The molecule has 0 aliphatic heterocycles. The highest BCUT2D eigenvalue weighted by atomic mass is 79.9. The van der Waals surface area contributed by atoms with Crippen molar-refractivity contribution < 1.29 is 4.39 Å². The zero-order chi connectivity index (χ0) is 15.4. The maximum Gasteiger partial charge on any atom is 0.137 e. The number of hydrogen-bond donors (Lipinski definition) is 1. The largest absolute Gasteiger partial charge is 0.309 e. The van der Waals surface area contributed by atoms with Crippen LogP contribution < -0.4 is 5.32 Å². The maximum absolute atomic E-state index is 13.7. The molecule has 1 heterocycles. The quantitative estimate of drug-likeness (QED) is 0.858. The molecule has 0 saturated carbocycles. The van der Waals surface area contributed by atoms with Gasteiger partial charge in [-0.25, -0.2) is 4.39 Å². The van der Waals surface area contributed by atoms with Crippen molar-refractivity contribution in [3.05, 3.63) is 63.1 Å². The Labute approximate surface area is 133 Å². The molecule has 0 aliphatic carbocycles. The lowest BCUT2D eigenvalue weighted by atomic mass is 9.99. The molecule has 2 nitrogen and oxygen atoms in total. The second-order valence-corrected chi connectivity index (χ2v) is 6.04. The Bertz CT molecular complexity index is 628. The summed E-state index contributed by atoms with van der Waals surface area (Å²) < 4.78 is 14.2. The van der Waals surface area contributed by atoms with Crippen LogP contribution in [0.3, 0.4) is 0 Å². The van der Waals surface area contributed by atoms with E-state index >= 15 is 0 Å². The predicted octanol–water partition coefficient (Wildman–Crippen LogP) is 4.49. The normalized spacial score (nSPS) is 12.4. The maximum atomic E-state index is 13.7. The summed E-state index contributed by atoms with van der Waals surface area (Å²) in [6, 6.07) is 7.36. The van der Waals surface area contributed by atoms with E-state index in [1.54, 1.807) is 6.07 Å². The zero-order valence-electron chi connectivity index (χ0n) is 12.6. The molecule has 1 N–H and O–H groups in total. The Balaban J connectivity index is 2.33. The Morgan fingerprint density at radius 2 is 2.10 bits per heavy atom. The molecule has 4 heteroatoms. The van der Waals surface area contributed by atoms with Crippen LogP contribution in [0, 0.1) is 19.7 Å². The van der Waals surface area contributed by atoms with Gasteiger partial charge in [0.15, 0.2) is 0 Å². The van der Waals surface area contributed by atoms with Gasteiger partial charge in [0.05, 0.1) is 16.2 Å². The van der Waals surface area contributed by atoms with E-state index in [9.17, 15) is 4.39 Å². The fourth-order valence-electron chi connectivity index (χ4n) is 2.53. The summed E-state index contributed by atoms with van der Waals surface area (Å²) in [6.07, 6.45) is 2.58. The summed E-state index contributed by atoms with van der Waals surface area (Å²) in [4.78, 5) is 4.57. The first kappa shape index (κ1) is 16.1. The fraction of sp³-hybridized carbons (Fsp3) is 0.353. The molecule has 112 valence electrons. The van der Waals surface area contributed by atoms with Gasteiger partial charge in [-0.1, -0.05) is 25.1 Å². The van der Waals surface area contributed by atoms with Gasteiger partial charge in [-0.15, -0.1) is 0 Å². The third kappa shape index (κ3) is 3.89. The minimum atomic E-state index is -0.226. The van der Waals surface area contributed by atoms with E-state index in [1.807, 2.05) is 19.2 Å². The summed E-state index contributed by atoms with van der Waals surface area (Å²) in [5, 5.41) is 3.45. The number of nitrogens with one attached hydrogen (secondary N) is 1. The predicted molar refractivity (Wildman–Crippen MR) is 87.9 cm³/mol. The van der Waals surface area contributed by atoms with Crippen LogP contribution in [0.4, 0.5) is 4.39 Å². The standard InChI is InChI=1S/C17H20BrFN2/c1-4-20-15(17-12(3)8-11(2)10-21-17)9-13-6-5-7-14(19)16(13)18/h5-8,10,15,20H,4,9H2,1-3H3. The summed E-state index contributed by atoms with van der Waals surface area (Å²) in [7, 11) is 0. The average molecular weight is 351 g/mol. The average Bonchev–Trinajstić information content (AvgIpc) is 2.43. The van der Waals surface area contributed by atoms with Crippen LogP contribution in [0.5, 0.6) is 0 Å². The molecule has 0 bridgehead atoms. The van der Waals surface area contributed by atoms with E-state index in [0.29, 0.717) is 10.9 Å². The molecule has 0 amide bonds. The van der Waals surface area contributed by atoms with Gasteiger partial charge in [0, 0.05) is 6.20 Å². The Morgan fingerprint density at radius 3 is 2.76 bits per heavy atom. The first-order chi connectivity index (χ1) is 10.0. The monoisotopic (exact) mass is 350 g/mol. The highest BCUT2D eigenvalue weighted by molar-refractivity contribution is 9.10. The van der Waals surface area contributed by atoms with Crippen LogP contribution in [-0.4, -0.2) is 11.5 Å². The van der Waals surface area contributed by atoms with E-state index < -0.39 is 0 Å². The van der Waals surface area contributed by atoms with Gasteiger partial charge in [-0.2, -0.15) is 0 Å². The minimum Gasteiger partial charge on any atom is -0.309 e. The summed E-state index contributed by atoms with van der Waals surface area (Å²) >= 11 is 3.34. The van der Waals surface area contributed by atoms with Gasteiger partial charge in [0.1, 0.15) is 5.82 Å². The third-order valence-corrected chi connectivity index (χ3v) is 4.38. The highest BCUT2D eigenvalue weighted by Gasteiger charge is 2.17. The Hall–Kier alpha value is -1.26. The second kappa shape index (κ2) is 7.14. The molecular weight excluding hydrogens is 331 g/mol. The number of aromatic nitrogens is 1. The molecule has 1 aromatic carbocycles. The van der Waals surface area contributed by atoms with Crippen molar-refractivity contribution in [2.45, 2.75) is 33.2 Å². The van der Waals surface area contributed by atoms with Crippen LogP contribution in [0.15, 0.2) is 34.9 Å². The molecule has 0 saturated heterocycles. The summed E-state index contributed by atoms with van der Waals surface area (Å²) in [5.41, 5.74) is 4.29. The highest BCUT2D eigenvalue weighted by Crippen LogP contribution is 2.26. The molecular formula is C17H20BrFN2. The van der Waals surface area contributed by atoms with Crippen molar-refractivity contribution in [3.63, 3.8) is 0 Å². The molecule has 0 spiro atoms. The number of hydrogen-bond acceptors (Lipinski definition) is 2. The topological polar surface area (TPSA) is 24.9 Å². The van der Waals surface area contributed by atoms with Crippen molar-refractivity contribution in [1.82, 2.24) is 10.3 Å². The third-order valence-electron chi connectivity index (χ3n) is 3.49. The minimum absolute atomic E-state index is 0.0775. The van der Waals surface area contributed by atoms with Crippen molar-refractivity contribution in [3.8, 4) is 0 Å².